The fourth-order valence-electron chi connectivity index (χ4n) is 2.27. The van der Waals surface area contributed by atoms with Gasteiger partial charge in [0.25, 0.3) is 5.91 Å². The van der Waals surface area contributed by atoms with Crippen LogP contribution in [0.4, 0.5) is 4.39 Å². The summed E-state index contributed by atoms with van der Waals surface area (Å²) in [6.45, 7) is 2.52. The zero-order chi connectivity index (χ0) is 14.5. The third-order valence-electron chi connectivity index (χ3n) is 3.44. The second-order valence-electron chi connectivity index (χ2n) is 4.60. The summed E-state index contributed by atoms with van der Waals surface area (Å²) in [5, 5.41) is 1.81. The van der Waals surface area contributed by atoms with Crippen LogP contribution in [0.2, 0.25) is 0 Å². The van der Waals surface area contributed by atoms with Gasteiger partial charge in [0.2, 0.25) is 0 Å². The van der Waals surface area contributed by atoms with Crippen LogP contribution >= 0.6 is 0 Å². The van der Waals surface area contributed by atoms with Crippen LogP contribution in [0.5, 0.6) is 0 Å². The Labute approximate surface area is 117 Å². The Kier molecular flexibility index (Phi) is 5.05. The van der Waals surface area contributed by atoms with Crippen LogP contribution in [0.25, 0.3) is 0 Å². The molecule has 0 spiro atoms. The molecule has 0 aromatic heterocycles. The van der Waals surface area contributed by atoms with Gasteiger partial charge in [0.05, 0.1) is 7.11 Å². The van der Waals surface area contributed by atoms with E-state index >= 15 is 0 Å². The molecule has 0 radical (unpaired) electrons. The molecule has 0 saturated carbocycles. The maximum Gasteiger partial charge on any atom is 0.256 e. The number of ether oxygens (including phenoxy) is 1. The van der Waals surface area contributed by atoms with Gasteiger partial charge in [0, 0.05) is 33.3 Å². The quantitative estimate of drug-likeness (QED) is 0.832. The highest BCUT2D eigenvalue weighted by Gasteiger charge is 2.28. The van der Waals surface area contributed by atoms with Gasteiger partial charge in [-0.25, -0.2) is 4.39 Å². The molecule has 1 aliphatic heterocycles. The van der Waals surface area contributed by atoms with Crippen molar-refractivity contribution in [2.24, 2.45) is 0 Å². The van der Waals surface area contributed by atoms with Gasteiger partial charge >= 0.3 is 0 Å². The molecule has 0 aliphatic carbocycles. The van der Waals surface area contributed by atoms with Crippen LogP contribution in [-0.4, -0.2) is 56.3 Å². The van der Waals surface area contributed by atoms with Crippen molar-refractivity contribution in [2.75, 3.05) is 40.4 Å². The number of amides is 1. The highest BCUT2D eigenvalue weighted by molar-refractivity contribution is 5.82. The molecule has 1 fully saturated rings. The summed E-state index contributed by atoms with van der Waals surface area (Å²) in [4.78, 5) is 19.3. The van der Waals surface area contributed by atoms with E-state index in [4.69, 9.17) is 9.57 Å². The number of benzene rings is 1. The molecule has 5 nitrogen and oxygen atoms in total. The average molecular weight is 282 g/mol. The molecule has 20 heavy (non-hydrogen) atoms. The van der Waals surface area contributed by atoms with Gasteiger partial charge in [-0.1, -0.05) is 12.1 Å². The van der Waals surface area contributed by atoms with Crippen LogP contribution in [-0.2, 0) is 14.4 Å². The molecule has 1 saturated heterocycles. The Morgan fingerprint density at radius 2 is 1.75 bits per heavy atom. The number of carbonyl (C=O) groups is 1. The molecule has 6 heteroatoms. The third-order valence-corrected chi connectivity index (χ3v) is 3.44. The molecule has 1 heterocycles. The molecular formula is C14H19FN2O3. The number of methoxy groups -OCH3 is 1. The Balaban J connectivity index is 2.04. The molecule has 1 atom stereocenters. The molecule has 110 valence electrons. The monoisotopic (exact) mass is 282 g/mol. The normalized spacial score (nSPS) is 18.1. The minimum absolute atomic E-state index is 0.102. The van der Waals surface area contributed by atoms with E-state index in [9.17, 15) is 9.18 Å². The number of carbonyl (C=O) groups excluding carboxylic acids is 1. The number of hydrogen-bond acceptors (Lipinski definition) is 4. The molecule has 1 aromatic rings. The largest absolute Gasteiger partial charge is 0.367 e. The van der Waals surface area contributed by atoms with Crippen molar-refractivity contribution in [3.63, 3.8) is 0 Å². The second kappa shape index (κ2) is 6.78. The van der Waals surface area contributed by atoms with Crippen molar-refractivity contribution in [3.05, 3.63) is 35.6 Å². The van der Waals surface area contributed by atoms with Crippen LogP contribution in [0.1, 0.15) is 11.7 Å². The van der Waals surface area contributed by atoms with Crippen LogP contribution in [0, 0.1) is 5.82 Å². The third kappa shape index (κ3) is 3.33. The minimum Gasteiger partial charge on any atom is -0.367 e. The van der Waals surface area contributed by atoms with E-state index in [1.54, 1.807) is 24.1 Å². The SMILES string of the molecule is COC(C(=O)N1CCN(OC)CC1)c1ccc(F)cc1. The number of halogens is 1. The Bertz CT molecular complexity index is 444. The summed E-state index contributed by atoms with van der Waals surface area (Å²) in [5.41, 5.74) is 0.660. The van der Waals surface area contributed by atoms with Crippen LogP contribution in [0.3, 0.4) is 0 Å². The zero-order valence-electron chi connectivity index (χ0n) is 11.7. The van der Waals surface area contributed by atoms with E-state index < -0.39 is 6.10 Å². The maximum absolute atomic E-state index is 12.9. The van der Waals surface area contributed by atoms with Gasteiger partial charge in [-0.2, -0.15) is 5.06 Å². The van der Waals surface area contributed by atoms with E-state index in [1.165, 1.54) is 19.2 Å². The summed E-state index contributed by atoms with van der Waals surface area (Å²) in [5.74, 6) is -0.431. The van der Waals surface area contributed by atoms with Crippen molar-refractivity contribution in [2.45, 2.75) is 6.10 Å². The van der Waals surface area contributed by atoms with Gasteiger partial charge < -0.3 is 14.5 Å². The first-order valence-corrected chi connectivity index (χ1v) is 6.52. The van der Waals surface area contributed by atoms with Crippen molar-refractivity contribution in [1.82, 2.24) is 9.96 Å². The summed E-state index contributed by atoms with van der Waals surface area (Å²) >= 11 is 0. The first-order chi connectivity index (χ1) is 9.65. The van der Waals surface area contributed by atoms with E-state index in [2.05, 4.69) is 0 Å². The number of piperazine rings is 1. The fourth-order valence-corrected chi connectivity index (χ4v) is 2.27. The van der Waals surface area contributed by atoms with E-state index in [0.717, 1.165) is 0 Å². The highest BCUT2D eigenvalue weighted by atomic mass is 19.1. The van der Waals surface area contributed by atoms with Gasteiger partial charge in [0.1, 0.15) is 5.82 Å². The van der Waals surface area contributed by atoms with Crippen molar-refractivity contribution in [3.8, 4) is 0 Å². The van der Waals surface area contributed by atoms with Crippen molar-refractivity contribution >= 4 is 5.91 Å². The first-order valence-electron chi connectivity index (χ1n) is 6.52. The summed E-state index contributed by atoms with van der Waals surface area (Å²) in [6, 6.07) is 5.81. The van der Waals surface area contributed by atoms with Gasteiger partial charge in [-0.05, 0) is 17.7 Å². The minimum atomic E-state index is -0.690. The van der Waals surface area contributed by atoms with Gasteiger partial charge in [0.15, 0.2) is 6.10 Å². The molecule has 1 amide bonds. The molecule has 0 N–H and O–H groups in total. The molecule has 1 aliphatic rings. The Hall–Kier alpha value is -1.50. The van der Waals surface area contributed by atoms with Gasteiger partial charge in [-0.15, -0.1) is 0 Å². The van der Waals surface area contributed by atoms with Crippen LogP contribution < -0.4 is 0 Å². The number of hydroxylamine groups is 2. The number of nitrogens with zero attached hydrogens (tertiary/aromatic N) is 2. The van der Waals surface area contributed by atoms with E-state index in [-0.39, 0.29) is 11.7 Å². The van der Waals surface area contributed by atoms with Gasteiger partial charge in [-0.3, -0.25) is 4.79 Å². The predicted molar refractivity (Wildman–Crippen MR) is 71.3 cm³/mol. The molecular weight excluding hydrogens is 263 g/mol. The highest BCUT2D eigenvalue weighted by Crippen LogP contribution is 2.20. The lowest BCUT2D eigenvalue weighted by atomic mass is 10.1. The average Bonchev–Trinajstić information content (AvgIpc) is 2.50. The summed E-state index contributed by atoms with van der Waals surface area (Å²) in [6.07, 6.45) is -0.690. The van der Waals surface area contributed by atoms with Crippen molar-refractivity contribution < 1.29 is 18.8 Å². The Morgan fingerprint density at radius 3 is 2.25 bits per heavy atom. The van der Waals surface area contributed by atoms with Crippen molar-refractivity contribution in [1.29, 1.82) is 0 Å². The number of hydrogen-bond donors (Lipinski definition) is 0. The topological polar surface area (TPSA) is 42.0 Å². The smallest absolute Gasteiger partial charge is 0.256 e. The molecule has 0 bridgehead atoms. The standard InChI is InChI=1S/C14H19FN2O3/c1-19-13(11-3-5-12(15)6-4-11)14(18)16-7-9-17(20-2)10-8-16/h3-6,13H,7-10H2,1-2H3. The maximum atomic E-state index is 12.9. The fraction of sp³-hybridized carbons (Fsp3) is 0.500. The molecule has 1 unspecified atom stereocenters. The molecule has 1 aromatic carbocycles. The van der Waals surface area contributed by atoms with Crippen LogP contribution in [0.15, 0.2) is 24.3 Å². The number of rotatable bonds is 4. The lowest BCUT2D eigenvalue weighted by molar-refractivity contribution is -0.166. The summed E-state index contributed by atoms with van der Waals surface area (Å²) in [7, 11) is 3.10. The zero-order valence-corrected chi connectivity index (χ0v) is 11.7. The first kappa shape index (κ1) is 14.9. The Morgan fingerprint density at radius 1 is 1.15 bits per heavy atom. The van der Waals surface area contributed by atoms with E-state index in [0.29, 0.717) is 31.7 Å². The lowest BCUT2D eigenvalue weighted by Crippen LogP contribution is -2.49. The lowest BCUT2D eigenvalue weighted by Gasteiger charge is -2.34. The second-order valence-corrected chi connectivity index (χ2v) is 4.60. The molecule has 2 rings (SSSR count). The predicted octanol–water partition coefficient (Wildman–Crippen LogP) is 1.22. The summed E-state index contributed by atoms with van der Waals surface area (Å²) < 4.78 is 18.2. The van der Waals surface area contributed by atoms with E-state index in [1.807, 2.05) is 5.06 Å².